The molecule has 0 fully saturated rings. The van der Waals surface area contributed by atoms with Gasteiger partial charge in [0.25, 0.3) is 5.91 Å². The number of rotatable bonds is 2. The van der Waals surface area contributed by atoms with Crippen LogP contribution in [0.4, 0.5) is 0 Å². The number of hydrazine groups is 1. The van der Waals surface area contributed by atoms with Gasteiger partial charge in [0.1, 0.15) is 16.7 Å². The molecule has 0 aliphatic carbocycles. The van der Waals surface area contributed by atoms with Crippen LogP contribution in [-0.4, -0.2) is 11.8 Å². The zero-order valence-electron chi connectivity index (χ0n) is 14.2. The van der Waals surface area contributed by atoms with Crippen LogP contribution in [0.2, 0.25) is 0 Å². The van der Waals surface area contributed by atoms with Crippen molar-refractivity contribution in [2.24, 2.45) is 0 Å². The largest absolute Gasteiger partial charge is 0.451 e. The SMILES string of the molecule is Cc1c(C(=O)NNC(=O)c2cc3ccccc3oc2=O)oc2ccccc12. The van der Waals surface area contributed by atoms with E-state index in [1.807, 2.05) is 12.1 Å². The molecule has 2 amide bonds. The fourth-order valence-electron chi connectivity index (χ4n) is 2.85. The third-order valence-corrected chi connectivity index (χ3v) is 4.23. The molecule has 0 aliphatic heterocycles. The third-order valence-electron chi connectivity index (χ3n) is 4.23. The Morgan fingerprint density at radius 3 is 2.30 bits per heavy atom. The van der Waals surface area contributed by atoms with Crippen molar-refractivity contribution < 1.29 is 18.4 Å². The van der Waals surface area contributed by atoms with Gasteiger partial charge in [0.05, 0.1) is 0 Å². The summed E-state index contributed by atoms with van der Waals surface area (Å²) in [4.78, 5) is 36.6. The van der Waals surface area contributed by atoms with Crippen LogP contribution in [0.3, 0.4) is 0 Å². The molecule has 2 aromatic carbocycles. The molecular weight excluding hydrogens is 348 g/mol. The first-order valence-corrected chi connectivity index (χ1v) is 8.16. The van der Waals surface area contributed by atoms with E-state index in [1.54, 1.807) is 43.3 Å². The summed E-state index contributed by atoms with van der Waals surface area (Å²) in [5.74, 6) is -1.32. The average molecular weight is 362 g/mol. The normalized spacial score (nSPS) is 10.9. The molecule has 134 valence electrons. The van der Waals surface area contributed by atoms with Crippen LogP contribution in [0.15, 0.2) is 68.2 Å². The average Bonchev–Trinajstić information content (AvgIpc) is 3.02. The molecule has 27 heavy (non-hydrogen) atoms. The van der Waals surface area contributed by atoms with Crippen LogP contribution in [0.1, 0.15) is 26.5 Å². The number of carbonyl (C=O) groups excluding carboxylic acids is 2. The lowest BCUT2D eigenvalue weighted by Crippen LogP contribution is -2.43. The van der Waals surface area contributed by atoms with Gasteiger partial charge in [0.15, 0.2) is 5.76 Å². The smallest absolute Gasteiger partial charge is 0.349 e. The van der Waals surface area contributed by atoms with Gasteiger partial charge in [-0.1, -0.05) is 36.4 Å². The van der Waals surface area contributed by atoms with Crippen LogP contribution in [0, 0.1) is 6.92 Å². The van der Waals surface area contributed by atoms with E-state index >= 15 is 0 Å². The number of carbonyl (C=O) groups is 2. The van der Waals surface area contributed by atoms with E-state index in [-0.39, 0.29) is 11.3 Å². The second-order valence-corrected chi connectivity index (χ2v) is 5.95. The molecule has 7 heteroatoms. The Morgan fingerprint density at radius 2 is 1.52 bits per heavy atom. The van der Waals surface area contributed by atoms with Crippen molar-refractivity contribution in [3.8, 4) is 0 Å². The van der Waals surface area contributed by atoms with Crippen molar-refractivity contribution in [1.82, 2.24) is 10.9 Å². The van der Waals surface area contributed by atoms with Crippen LogP contribution >= 0.6 is 0 Å². The topological polar surface area (TPSA) is 102 Å². The molecule has 4 rings (SSSR count). The summed E-state index contributed by atoms with van der Waals surface area (Å²) in [5.41, 5.74) is 5.08. The standard InChI is InChI=1S/C20H14N2O5/c1-11-13-7-3-5-9-16(13)26-17(11)19(24)22-21-18(23)14-10-12-6-2-4-8-15(12)27-20(14)25/h2-10H,1H3,(H,21,23)(H,22,24). The molecule has 0 bridgehead atoms. The molecule has 2 heterocycles. The van der Waals surface area contributed by atoms with E-state index in [0.29, 0.717) is 22.1 Å². The van der Waals surface area contributed by atoms with Gasteiger partial charge in [-0.25, -0.2) is 4.79 Å². The first kappa shape index (κ1) is 16.6. The molecule has 0 radical (unpaired) electrons. The van der Waals surface area contributed by atoms with Crippen molar-refractivity contribution >= 4 is 33.8 Å². The zero-order valence-corrected chi connectivity index (χ0v) is 14.2. The van der Waals surface area contributed by atoms with Gasteiger partial charge < -0.3 is 8.83 Å². The lowest BCUT2D eigenvalue weighted by atomic mass is 10.1. The second kappa shape index (κ2) is 6.45. The maximum absolute atomic E-state index is 12.3. The Kier molecular flexibility index (Phi) is 3.97. The lowest BCUT2D eigenvalue weighted by molar-refractivity contribution is 0.0830. The number of nitrogens with one attached hydrogen (secondary N) is 2. The summed E-state index contributed by atoms with van der Waals surface area (Å²) in [6, 6.07) is 15.5. The first-order valence-electron chi connectivity index (χ1n) is 8.16. The molecule has 0 saturated heterocycles. The van der Waals surface area contributed by atoms with Crippen molar-refractivity contribution in [2.75, 3.05) is 0 Å². The summed E-state index contributed by atoms with van der Waals surface area (Å²) in [6.07, 6.45) is 0. The van der Waals surface area contributed by atoms with Crippen LogP contribution in [0.5, 0.6) is 0 Å². The number of benzene rings is 2. The molecule has 7 nitrogen and oxygen atoms in total. The monoisotopic (exact) mass is 362 g/mol. The summed E-state index contributed by atoms with van der Waals surface area (Å²) < 4.78 is 10.7. The third kappa shape index (κ3) is 2.95. The van der Waals surface area contributed by atoms with E-state index in [1.165, 1.54) is 6.07 Å². The highest BCUT2D eigenvalue weighted by Crippen LogP contribution is 2.24. The number of aryl methyl sites for hydroxylation is 1. The number of hydrogen-bond acceptors (Lipinski definition) is 5. The number of para-hydroxylation sites is 2. The summed E-state index contributed by atoms with van der Waals surface area (Å²) in [5, 5.41) is 1.41. The van der Waals surface area contributed by atoms with E-state index in [9.17, 15) is 14.4 Å². The van der Waals surface area contributed by atoms with Gasteiger partial charge in [0.2, 0.25) is 0 Å². The van der Waals surface area contributed by atoms with Crippen LogP contribution in [-0.2, 0) is 0 Å². The number of hydrogen-bond donors (Lipinski definition) is 2. The molecule has 2 aromatic heterocycles. The molecule has 0 atom stereocenters. The van der Waals surface area contributed by atoms with Gasteiger partial charge in [-0.2, -0.15) is 0 Å². The lowest BCUT2D eigenvalue weighted by Gasteiger charge is -2.06. The zero-order chi connectivity index (χ0) is 19.0. The highest BCUT2D eigenvalue weighted by atomic mass is 16.4. The minimum Gasteiger partial charge on any atom is -0.451 e. The Bertz CT molecular complexity index is 1250. The Balaban J connectivity index is 1.55. The van der Waals surface area contributed by atoms with E-state index in [0.717, 1.165) is 5.39 Å². The summed E-state index contributed by atoms with van der Waals surface area (Å²) in [7, 11) is 0. The Morgan fingerprint density at radius 1 is 0.852 bits per heavy atom. The molecule has 0 spiro atoms. The molecule has 4 aromatic rings. The molecule has 0 saturated carbocycles. The van der Waals surface area contributed by atoms with Gasteiger partial charge in [-0.3, -0.25) is 20.4 Å². The first-order chi connectivity index (χ1) is 13.0. The van der Waals surface area contributed by atoms with E-state index in [4.69, 9.17) is 8.83 Å². The predicted molar refractivity (Wildman–Crippen MR) is 98.4 cm³/mol. The Labute approximate surface area is 152 Å². The van der Waals surface area contributed by atoms with Crippen molar-refractivity contribution in [3.05, 3.63) is 81.9 Å². The number of fused-ring (bicyclic) bond motifs is 2. The van der Waals surface area contributed by atoms with Gasteiger partial charge >= 0.3 is 11.5 Å². The predicted octanol–water partition coefficient (Wildman–Crippen LogP) is 2.92. The molecule has 0 aliphatic rings. The minimum absolute atomic E-state index is 0.0852. The van der Waals surface area contributed by atoms with E-state index < -0.39 is 17.4 Å². The summed E-state index contributed by atoms with van der Waals surface area (Å²) in [6.45, 7) is 1.75. The van der Waals surface area contributed by atoms with Gasteiger partial charge in [-0.15, -0.1) is 0 Å². The highest BCUT2D eigenvalue weighted by Gasteiger charge is 2.19. The van der Waals surface area contributed by atoms with Gasteiger partial charge in [0, 0.05) is 16.3 Å². The fraction of sp³-hybridized carbons (Fsp3) is 0.0500. The highest BCUT2D eigenvalue weighted by molar-refractivity contribution is 6.02. The molecular formula is C20H14N2O5. The van der Waals surface area contributed by atoms with Crippen molar-refractivity contribution in [3.63, 3.8) is 0 Å². The maximum atomic E-state index is 12.3. The minimum atomic E-state index is -0.791. The Hall–Kier alpha value is -3.87. The second-order valence-electron chi connectivity index (χ2n) is 5.95. The number of furan rings is 1. The van der Waals surface area contributed by atoms with Crippen molar-refractivity contribution in [1.29, 1.82) is 0 Å². The fourth-order valence-corrected chi connectivity index (χ4v) is 2.85. The van der Waals surface area contributed by atoms with Crippen LogP contribution < -0.4 is 16.5 Å². The molecule has 0 unspecified atom stereocenters. The maximum Gasteiger partial charge on any atom is 0.349 e. The van der Waals surface area contributed by atoms with Crippen molar-refractivity contribution in [2.45, 2.75) is 6.92 Å². The number of amides is 2. The summed E-state index contributed by atoms with van der Waals surface area (Å²) >= 11 is 0. The quantitative estimate of drug-likeness (QED) is 0.422. The van der Waals surface area contributed by atoms with Gasteiger partial charge in [-0.05, 0) is 25.1 Å². The van der Waals surface area contributed by atoms with Crippen LogP contribution in [0.25, 0.3) is 21.9 Å². The van der Waals surface area contributed by atoms with E-state index in [2.05, 4.69) is 10.9 Å². The molecule has 2 N–H and O–H groups in total.